The first-order valence-corrected chi connectivity index (χ1v) is 22.8. The molecule has 4 bridgehead atoms. The van der Waals surface area contributed by atoms with Crippen LogP contribution in [0.3, 0.4) is 0 Å². The second-order valence-electron chi connectivity index (χ2n) is 19.2. The number of fused-ring (bicyclic) bond motifs is 9. The van der Waals surface area contributed by atoms with Crippen LogP contribution in [0.5, 0.6) is 11.6 Å². The molecule has 9 atom stereocenters. The van der Waals surface area contributed by atoms with Crippen LogP contribution in [0.4, 0.5) is 13.6 Å². The van der Waals surface area contributed by atoms with Crippen LogP contribution >= 0.6 is 0 Å². The van der Waals surface area contributed by atoms with Gasteiger partial charge < -0.3 is 29.7 Å². The molecule has 4 saturated carbocycles. The van der Waals surface area contributed by atoms with E-state index in [4.69, 9.17) is 24.2 Å². The van der Waals surface area contributed by atoms with E-state index < -0.39 is 86.5 Å². The van der Waals surface area contributed by atoms with E-state index in [-0.39, 0.29) is 36.8 Å². The second kappa shape index (κ2) is 15.5. The Morgan fingerprint density at radius 1 is 1.02 bits per heavy atom. The highest BCUT2D eigenvalue weighted by Gasteiger charge is 2.67. The number of aromatic nitrogens is 2. The first-order valence-electron chi connectivity index (χ1n) is 21.3. The van der Waals surface area contributed by atoms with Gasteiger partial charge in [0.05, 0.1) is 35.4 Å². The number of benzene rings is 1. The summed E-state index contributed by atoms with van der Waals surface area (Å²) in [7, 11) is -2.70. The largest absolute Gasteiger partial charge is 0.497 e. The lowest BCUT2D eigenvalue weighted by atomic mass is 9.82. The van der Waals surface area contributed by atoms with Crippen molar-refractivity contribution in [2.45, 2.75) is 146 Å². The fraction of sp³-hybridized carbons (Fsp3) is 0.714. The van der Waals surface area contributed by atoms with Crippen molar-refractivity contribution in [1.29, 1.82) is 0 Å². The molecular formula is C42H56F2N6O9S. The molecule has 1 aromatic heterocycles. The highest BCUT2D eigenvalue weighted by Crippen LogP contribution is 2.52. The SMILES string of the molecule is COc1ccc2nc3c(nc2c1)O[C@@H]1C[C@@H](C(=O)N[C@]2(C(=O)NS(=O)(=O)C4(C)CC4)CC2C(F)F)N(C1)C(=O)[C@H](C(C)(C)C)NC(=O)O[C@@H]1[C@H]2CC[C@H](C2)[C@H]1CCCCC3. The molecule has 6 aliphatic rings. The molecule has 18 heteroatoms. The lowest BCUT2D eigenvalue weighted by Gasteiger charge is -2.36. The summed E-state index contributed by atoms with van der Waals surface area (Å²) in [6, 6.07) is 2.76. The summed E-state index contributed by atoms with van der Waals surface area (Å²) in [5.41, 5.74) is -1.40. The number of sulfonamides is 1. The molecule has 15 nitrogen and oxygen atoms in total. The maximum absolute atomic E-state index is 14.8. The number of alkyl halides is 2. The van der Waals surface area contributed by atoms with E-state index in [0.29, 0.717) is 47.7 Å². The lowest BCUT2D eigenvalue weighted by Crippen LogP contribution is -2.60. The minimum absolute atomic E-state index is 0.142. The molecular weight excluding hydrogens is 803 g/mol. The molecule has 4 amide bonds. The number of ether oxygens (including phenoxy) is 3. The molecule has 0 radical (unpaired) electrons. The number of methoxy groups -OCH3 is 1. The summed E-state index contributed by atoms with van der Waals surface area (Å²) < 4.78 is 73.6. The summed E-state index contributed by atoms with van der Waals surface area (Å²) in [5, 5.41) is 5.30. The quantitative estimate of drug-likeness (QED) is 0.346. The van der Waals surface area contributed by atoms with Crippen molar-refractivity contribution in [2.24, 2.45) is 29.1 Å². The average molecular weight is 859 g/mol. The fourth-order valence-electron chi connectivity index (χ4n) is 9.99. The minimum Gasteiger partial charge on any atom is -0.497 e. The molecule has 328 valence electrons. The Balaban J connectivity index is 1.14. The predicted octanol–water partition coefficient (Wildman–Crippen LogP) is 4.80. The highest BCUT2D eigenvalue weighted by atomic mass is 32.2. The van der Waals surface area contributed by atoms with Gasteiger partial charge >= 0.3 is 6.09 Å². The number of alkyl carbamates (subject to hydrolysis) is 1. The van der Waals surface area contributed by atoms with Crippen molar-refractivity contribution in [2.75, 3.05) is 13.7 Å². The third-order valence-electron chi connectivity index (χ3n) is 14.0. The van der Waals surface area contributed by atoms with Gasteiger partial charge in [-0.1, -0.05) is 33.6 Å². The van der Waals surface area contributed by atoms with Crippen LogP contribution < -0.4 is 24.8 Å². The Hall–Kier alpha value is -4.35. The Morgan fingerprint density at radius 2 is 1.77 bits per heavy atom. The van der Waals surface area contributed by atoms with Gasteiger partial charge in [0.1, 0.15) is 41.3 Å². The molecule has 3 heterocycles. The van der Waals surface area contributed by atoms with Crippen molar-refractivity contribution in [3.05, 3.63) is 23.9 Å². The third kappa shape index (κ3) is 7.96. The summed E-state index contributed by atoms with van der Waals surface area (Å²) in [4.78, 5) is 67.7. The van der Waals surface area contributed by atoms with E-state index in [0.717, 1.165) is 44.9 Å². The Labute approximate surface area is 348 Å². The number of nitrogens with one attached hydrogen (secondary N) is 3. The van der Waals surface area contributed by atoms with Crippen LogP contribution in [0.15, 0.2) is 18.2 Å². The van der Waals surface area contributed by atoms with Gasteiger partial charge in [-0.2, -0.15) is 0 Å². The van der Waals surface area contributed by atoms with Crippen LogP contribution in [0, 0.1) is 29.1 Å². The van der Waals surface area contributed by atoms with Crippen molar-refractivity contribution >= 4 is 44.9 Å². The monoisotopic (exact) mass is 858 g/mol. The van der Waals surface area contributed by atoms with Gasteiger partial charge in [-0.25, -0.2) is 32.0 Å². The van der Waals surface area contributed by atoms with Gasteiger partial charge in [0.2, 0.25) is 34.1 Å². The second-order valence-corrected chi connectivity index (χ2v) is 21.4. The number of amides is 4. The molecule has 4 aliphatic carbocycles. The van der Waals surface area contributed by atoms with Gasteiger partial charge in [-0.15, -0.1) is 0 Å². The number of carbonyl (C=O) groups excluding carboxylic acids is 4. The minimum atomic E-state index is -4.24. The highest BCUT2D eigenvalue weighted by molar-refractivity contribution is 7.91. The number of halogens is 2. The molecule has 0 spiro atoms. The van der Waals surface area contributed by atoms with Gasteiger partial charge in [-0.3, -0.25) is 19.1 Å². The van der Waals surface area contributed by atoms with Crippen LogP contribution in [0.25, 0.3) is 11.0 Å². The number of nitrogens with zero attached hydrogens (tertiary/aromatic N) is 3. The molecule has 2 aromatic rings. The number of aryl methyl sites for hydroxylation is 1. The standard InChI is InChI=1S/C42H56F2N6O9S/c1-40(2,3)33-37(52)50-21-25(19-31(50)35(51)48-42(20-27(42)34(43)44)38(53)49-60(55,56)41(4)15-16-41)58-36-29(45-28-14-13-24(57-5)18-30(28)46-36)10-8-6-7-9-26-22-11-12-23(17-22)32(26)59-39(54)47-33/h13-14,18,22-23,25-27,31-34H,6-12,15-17,19-21H2,1-5H3,(H,47,54)(H,48,51)(H,49,53)/t22-,23+,25-,26-,27?,31+,32-,33-,42-/m1/s1. The first kappa shape index (κ1) is 42.3. The number of rotatable bonds is 7. The fourth-order valence-corrected chi connectivity index (χ4v) is 11.3. The average Bonchev–Trinajstić information content (AvgIpc) is 3.94. The van der Waals surface area contributed by atoms with Crippen LogP contribution in [0.2, 0.25) is 0 Å². The number of carbonyl (C=O) groups is 4. The molecule has 3 N–H and O–H groups in total. The van der Waals surface area contributed by atoms with Crippen molar-refractivity contribution in [3.8, 4) is 11.6 Å². The molecule has 60 heavy (non-hydrogen) atoms. The van der Waals surface area contributed by atoms with Gasteiger partial charge in [-0.05, 0) is 100 Å². The zero-order valence-corrected chi connectivity index (χ0v) is 35.6. The van der Waals surface area contributed by atoms with E-state index in [1.54, 1.807) is 32.9 Å². The lowest BCUT2D eigenvalue weighted by molar-refractivity contribution is -0.143. The van der Waals surface area contributed by atoms with Gasteiger partial charge in [0.25, 0.3) is 5.91 Å². The van der Waals surface area contributed by atoms with Crippen LogP contribution in [0.1, 0.15) is 104 Å². The maximum Gasteiger partial charge on any atom is 0.408 e. The summed E-state index contributed by atoms with van der Waals surface area (Å²) in [6.45, 7) is 6.59. The van der Waals surface area contributed by atoms with Crippen LogP contribution in [-0.2, 0) is 35.6 Å². The summed E-state index contributed by atoms with van der Waals surface area (Å²) in [5.74, 6) is -2.83. The topological polar surface area (TPSA) is 195 Å². The van der Waals surface area contributed by atoms with Crippen LogP contribution in [-0.4, -0.2) is 102 Å². The number of hydrogen-bond acceptors (Lipinski definition) is 11. The zero-order valence-electron chi connectivity index (χ0n) is 34.8. The van der Waals surface area contributed by atoms with E-state index in [1.165, 1.54) is 18.9 Å². The molecule has 5 fully saturated rings. The third-order valence-corrected chi connectivity index (χ3v) is 16.2. The number of hydrogen-bond donors (Lipinski definition) is 3. The van der Waals surface area contributed by atoms with E-state index in [9.17, 15) is 36.4 Å². The Kier molecular flexibility index (Phi) is 11.0. The molecule has 1 aromatic carbocycles. The zero-order chi connectivity index (χ0) is 42.9. The van der Waals surface area contributed by atoms with E-state index >= 15 is 0 Å². The smallest absolute Gasteiger partial charge is 0.408 e. The first-order chi connectivity index (χ1) is 28.3. The van der Waals surface area contributed by atoms with Crippen molar-refractivity contribution in [3.63, 3.8) is 0 Å². The summed E-state index contributed by atoms with van der Waals surface area (Å²) in [6.07, 6.45) is 2.09. The maximum atomic E-state index is 14.8. The molecule has 8 rings (SSSR count). The Morgan fingerprint density at radius 3 is 2.45 bits per heavy atom. The van der Waals surface area contributed by atoms with Gasteiger partial charge in [0, 0.05) is 12.5 Å². The Bertz CT molecular complexity index is 2170. The molecule has 1 unspecified atom stereocenters. The summed E-state index contributed by atoms with van der Waals surface area (Å²) >= 11 is 0. The van der Waals surface area contributed by atoms with Gasteiger partial charge in [0.15, 0.2) is 0 Å². The van der Waals surface area contributed by atoms with E-state index in [2.05, 4.69) is 10.6 Å². The molecule has 1 saturated heterocycles. The normalized spacial score (nSPS) is 32.8. The van der Waals surface area contributed by atoms with Crippen molar-refractivity contribution < 1.29 is 50.6 Å². The predicted molar refractivity (Wildman–Crippen MR) is 213 cm³/mol. The molecule has 2 aliphatic heterocycles. The van der Waals surface area contributed by atoms with Crippen molar-refractivity contribution in [1.82, 2.24) is 30.2 Å². The van der Waals surface area contributed by atoms with E-state index in [1.807, 2.05) is 10.8 Å².